The zero-order valence-electron chi connectivity index (χ0n) is 44.7. The summed E-state index contributed by atoms with van der Waals surface area (Å²) in [5.74, 6) is -2.22. The van der Waals surface area contributed by atoms with Crippen LogP contribution in [0.15, 0.2) is 48.5 Å². The van der Waals surface area contributed by atoms with Crippen LogP contribution in [0.1, 0.15) is 169 Å². The predicted octanol–water partition coefficient (Wildman–Crippen LogP) is 11.8. The molecule has 4 amide bonds. The quantitative estimate of drug-likeness (QED) is 0.0333. The summed E-state index contributed by atoms with van der Waals surface area (Å²) >= 11 is 0. The van der Waals surface area contributed by atoms with E-state index in [1.807, 2.05) is 0 Å². The number of carbonyl (C=O) groups excluding carboxylic acids is 2. The standard InChI is InChI=1S/2C16H36N.2C9H9F3N2O4S.H2O/c2*1-5-9-13-17(14-10-6-2,15-11-7-3)16-12-8-4;2*10-9(11,12)6-1-3-7(4-2-6)14-8(15)13-5-19(16,17)18;/h2*5-16H2,1-4H3;2*1-4H,5H2,(H2,13,14,15)(H,16,17,18);1H2/q2*+1;;;/p-2. The van der Waals surface area contributed by atoms with Crippen LogP contribution in [0.2, 0.25) is 0 Å². The van der Waals surface area contributed by atoms with Gasteiger partial charge in [-0.15, -0.1) is 0 Å². The predicted molar refractivity (Wildman–Crippen MR) is 279 cm³/mol. The summed E-state index contributed by atoms with van der Waals surface area (Å²) in [7, 11) is -9.22. The van der Waals surface area contributed by atoms with Gasteiger partial charge in [0.25, 0.3) is 0 Å². The molecular weight excluding hydrogens is 1010 g/mol. The molecule has 0 aliphatic heterocycles. The van der Waals surface area contributed by atoms with Crippen molar-refractivity contribution in [1.82, 2.24) is 10.6 Å². The van der Waals surface area contributed by atoms with Crippen LogP contribution in [0.25, 0.3) is 0 Å². The van der Waals surface area contributed by atoms with E-state index in [4.69, 9.17) is 0 Å². The number of hydrogen-bond donors (Lipinski definition) is 4. The Bertz CT molecular complexity index is 1730. The van der Waals surface area contributed by atoms with E-state index in [-0.39, 0.29) is 16.9 Å². The summed E-state index contributed by atoms with van der Waals surface area (Å²) in [5.41, 5.74) is -1.73. The zero-order valence-corrected chi connectivity index (χ0v) is 46.4. The third-order valence-corrected chi connectivity index (χ3v) is 12.6. The second-order valence-electron chi connectivity index (χ2n) is 18.1. The van der Waals surface area contributed by atoms with Gasteiger partial charge in [0.05, 0.1) is 63.5 Å². The van der Waals surface area contributed by atoms with Gasteiger partial charge in [-0.25, -0.2) is 26.4 Å². The highest BCUT2D eigenvalue weighted by Gasteiger charge is 2.31. The first-order chi connectivity index (χ1) is 33.6. The highest BCUT2D eigenvalue weighted by atomic mass is 32.2. The minimum atomic E-state index is -4.61. The van der Waals surface area contributed by atoms with Gasteiger partial charge >= 0.3 is 24.4 Å². The number of urea groups is 2. The molecule has 0 fully saturated rings. The minimum Gasteiger partial charge on any atom is -0.747 e. The molecule has 0 atom stereocenters. The molecule has 0 saturated heterocycles. The van der Waals surface area contributed by atoms with Crippen LogP contribution >= 0.6 is 0 Å². The molecular formula is C50H90F6N6O9S2. The molecule has 6 N–H and O–H groups in total. The van der Waals surface area contributed by atoms with Gasteiger partial charge in [-0.2, -0.15) is 26.3 Å². The molecule has 0 aliphatic carbocycles. The molecule has 0 spiro atoms. The lowest BCUT2D eigenvalue weighted by Gasteiger charge is -2.39. The number of quaternary nitrogens is 2. The van der Waals surface area contributed by atoms with Gasteiger partial charge in [0, 0.05) is 11.4 Å². The number of halogens is 6. The van der Waals surface area contributed by atoms with E-state index in [9.17, 15) is 61.9 Å². The molecule has 0 saturated carbocycles. The zero-order chi connectivity index (χ0) is 55.3. The largest absolute Gasteiger partial charge is 0.747 e. The molecule has 0 aromatic heterocycles. The van der Waals surface area contributed by atoms with Crippen molar-refractivity contribution in [1.29, 1.82) is 0 Å². The van der Waals surface area contributed by atoms with Crippen molar-refractivity contribution in [3.8, 4) is 0 Å². The van der Waals surface area contributed by atoms with Crippen molar-refractivity contribution in [2.75, 3.05) is 74.7 Å². The van der Waals surface area contributed by atoms with Gasteiger partial charge in [-0.05, 0) is 99.9 Å². The lowest BCUT2D eigenvalue weighted by Crippen LogP contribution is -2.50. The molecule has 0 heterocycles. The van der Waals surface area contributed by atoms with E-state index in [1.165, 1.54) is 164 Å². The Balaban J connectivity index is -0.000000893. The first kappa shape index (κ1) is 73.5. The average Bonchev–Trinajstić information content (AvgIpc) is 3.32. The van der Waals surface area contributed by atoms with E-state index in [1.54, 1.807) is 10.6 Å². The monoisotopic (exact) mass is 1100 g/mol. The van der Waals surface area contributed by atoms with Gasteiger partial charge in [0.2, 0.25) is 0 Å². The van der Waals surface area contributed by atoms with Gasteiger partial charge in [-0.1, -0.05) is 107 Å². The Morgan fingerprint density at radius 1 is 0.425 bits per heavy atom. The number of unbranched alkanes of at least 4 members (excludes halogenated alkanes) is 8. The molecule has 15 nitrogen and oxygen atoms in total. The number of carbonyl (C=O) groups is 2. The average molecular weight is 1100 g/mol. The summed E-state index contributed by atoms with van der Waals surface area (Å²) in [6.45, 7) is 30.0. The summed E-state index contributed by atoms with van der Waals surface area (Å²) in [4.78, 5) is 22.2. The molecule has 428 valence electrons. The SMILES string of the molecule is CCCC[N+](CCCC)(CCCC)CCCC.CCCC[N+](CCCC)(CCCC)CCCC.O.O=C(NCS(=O)(=O)[O-])Nc1ccc(C(F)(F)F)cc1.O=C(NCS(=O)(=O)[O-])Nc1ccc(C(F)(F)F)cc1. The fourth-order valence-electron chi connectivity index (χ4n) is 7.43. The number of nitrogens with one attached hydrogen (secondary N) is 4. The number of amides is 4. The van der Waals surface area contributed by atoms with Crippen molar-refractivity contribution < 1.29 is 76.3 Å². The van der Waals surface area contributed by atoms with Gasteiger partial charge in [0.15, 0.2) is 0 Å². The van der Waals surface area contributed by atoms with E-state index in [0.29, 0.717) is 0 Å². The Labute approximate surface area is 434 Å². The topological polar surface area (TPSA) is 228 Å². The van der Waals surface area contributed by atoms with E-state index < -0.39 is 67.5 Å². The fourth-order valence-corrected chi connectivity index (χ4v) is 8.05. The number of rotatable bonds is 30. The second kappa shape index (κ2) is 39.6. The molecule has 2 rings (SSSR count). The summed E-state index contributed by atoms with van der Waals surface area (Å²) in [5, 5.41) is 7.63. The van der Waals surface area contributed by atoms with Crippen LogP contribution in [-0.4, -0.2) is 117 Å². The highest BCUT2D eigenvalue weighted by molar-refractivity contribution is 7.85. The molecule has 73 heavy (non-hydrogen) atoms. The van der Waals surface area contributed by atoms with Crippen molar-refractivity contribution in [3.63, 3.8) is 0 Å². The molecule has 0 aliphatic rings. The molecule has 0 radical (unpaired) electrons. The van der Waals surface area contributed by atoms with Gasteiger partial charge < -0.3 is 44.8 Å². The number of nitrogens with zero attached hydrogens (tertiary/aromatic N) is 2. The Morgan fingerprint density at radius 3 is 0.767 bits per heavy atom. The fraction of sp³-hybridized carbons (Fsp3) is 0.720. The van der Waals surface area contributed by atoms with E-state index >= 15 is 0 Å². The highest BCUT2D eigenvalue weighted by Crippen LogP contribution is 2.31. The smallest absolute Gasteiger partial charge is 0.416 e. The van der Waals surface area contributed by atoms with Crippen molar-refractivity contribution in [2.45, 2.75) is 170 Å². The van der Waals surface area contributed by atoms with Crippen molar-refractivity contribution in [2.24, 2.45) is 0 Å². The second-order valence-corrected chi connectivity index (χ2v) is 20.9. The molecule has 0 unspecified atom stereocenters. The Morgan fingerprint density at radius 2 is 0.616 bits per heavy atom. The minimum absolute atomic E-state index is 0. The first-order valence-electron chi connectivity index (χ1n) is 25.7. The lowest BCUT2D eigenvalue weighted by molar-refractivity contribution is -0.929. The molecule has 23 heteroatoms. The Hall–Kier alpha value is -3.74. The van der Waals surface area contributed by atoms with Crippen LogP contribution in [0.4, 0.5) is 47.3 Å². The van der Waals surface area contributed by atoms with E-state index in [2.05, 4.69) is 66.0 Å². The number of hydrogen-bond acceptors (Lipinski definition) is 8. The summed E-state index contributed by atoms with van der Waals surface area (Å²) in [6.07, 6.45) is 13.1. The maximum atomic E-state index is 12.2. The molecule has 2 aromatic carbocycles. The van der Waals surface area contributed by atoms with Gasteiger partial charge in [-0.3, -0.25) is 0 Å². The number of benzene rings is 2. The van der Waals surface area contributed by atoms with Crippen LogP contribution in [0.3, 0.4) is 0 Å². The summed E-state index contributed by atoms with van der Waals surface area (Å²) < 4.78 is 138. The lowest BCUT2D eigenvalue weighted by atomic mass is 10.1. The third-order valence-electron chi connectivity index (χ3n) is 11.6. The maximum Gasteiger partial charge on any atom is 0.416 e. The number of alkyl halides is 6. The van der Waals surface area contributed by atoms with Gasteiger partial charge in [0.1, 0.15) is 32.0 Å². The maximum absolute atomic E-state index is 12.2. The molecule has 0 bridgehead atoms. The van der Waals surface area contributed by atoms with Crippen molar-refractivity contribution >= 4 is 43.7 Å². The van der Waals surface area contributed by atoms with Crippen LogP contribution in [0, 0.1) is 0 Å². The third kappa shape index (κ3) is 38.5. The number of anilines is 2. The first-order valence-corrected chi connectivity index (χ1v) is 28.8. The normalized spacial score (nSPS) is 11.8. The Kier molecular flexibility index (Phi) is 39.9. The molecule has 2 aromatic rings. The van der Waals surface area contributed by atoms with Crippen molar-refractivity contribution in [3.05, 3.63) is 59.7 Å². The van der Waals surface area contributed by atoms with E-state index in [0.717, 1.165) is 48.5 Å². The summed E-state index contributed by atoms with van der Waals surface area (Å²) in [6, 6.07) is 4.95. The van der Waals surface area contributed by atoms with Crippen LogP contribution < -0.4 is 21.3 Å². The van der Waals surface area contributed by atoms with Crippen LogP contribution in [-0.2, 0) is 32.6 Å². The van der Waals surface area contributed by atoms with Crippen LogP contribution in [0.5, 0.6) is 0 Å².